The number of nitrogens with zero attached hydrogens (tertiary/aromatic N) is 1. The smallest absolute Gasteiger partial charge is 0.152 e. The van der Waals surface area contributed by atoms with Crippen LogP contribution in [0.4, 0.5) is 0 Å². The molecular weight excluding hydrogens is 182 g/mol. The zero-order valence-electron chi connectivity index (χ0n) is 6.77. The molecule has 0 saturated carbocycles. The van der Waals surface area contributed by atoms with Crippen LogP contribution in [0.2, 0.25) is 0 Å². The van der Waals surface area contributed by atoms with Crippen LogP contribution in [0.5, 0.6) is 0 Å². The molecule has 5 nitrogen and oxygen atoms in total. The lowest BCUT2D eigenvalue weighted by Crippen LogP contribution is -2.41. The molecule has 0 spiro atoms. The molecule has 0 unspecified atom stereocenters. The maximum atomic E-state index is 11.0. The lowest BCUT2D eigenvalue weighted by molar-refractivity contribution is -0.243. The first-order chi connectivity index (χ1) is 5.64. The molecule has 0 bridgehead atoms. The van der Waals surface area contributed by atoms with Crippen molar-refractivity contribution in [3.8, 4) is 0 Å². The third-order valence-electron chi connectivity index (χ3n) is 1.94. The van der Waals surface area contributed by atoms with Crippen LogP contribution in [0.15, 0.2) is 0 Å². The lowest BCUT2D eigenvalue weighted by atomic mass is 10.5. The first-order valence-corrected chi connectivity index (χ1v) is 5.65. The van der Waals surface area contributed by atoms with Gasteiger partial charge in [0.2, 0.25) is 0 Å². The fraction of sp³-hybridized carbons (Fsp3) is 1.00. The number of rotatable bonds is 3. The number of hydrogen-bond donors (Lipinski definition) is 1. The average molecular weight is 195 g/mol. The van der Waals surface area contributed by atoms with Crippen LogP contribution in [0.25, 0.3) is 0 Å². The summed E-state index contributed by atoms with van der Waals surface area (Å²) in [6.45, 7) is 1.92. The molecule has 12 heavy (non-hydrogen) atoms. The van der Waals surface area contributed by atoms with Crippen LogP contribution in [0.3, 0.4) is 0 Å². The first kappa shape index (κ1) is 9.91. The van der Waals surface area contributed by atoms with Crippen LogP contribution in [0, 0.1) is 0 Å². The zero-order chi connectivity index (χ0) is 9.03. The molecule has 6 heteroatoms. The molecule has 0 aliphatic carbocycles. The minimum absolute atomic E-state index is 0.221. The van der Waals surface area contributed by atoms with Gasteiger partial charge >= 0.3 is 0 Å². The topological polar surface area (TPSA) is 66.8 Å². The van der Waals surface area contributed by atoms with Gasteiger partial charge in [-0.3, -0.25) is 10.2 Å². The van der Waals surface area contributed by atoms with Gasteiger partial charge in [0.25, 0.3) is 0 Å². The van der Waals surface area contributed by atoms with Crippen LogP contribution in [0.1, 0.15) is 0 Å². The number of sulfone groups is 1. The standard InChI is InChI=1S/C6H13NO4S/c8-11-4-1-7-2-5-12(9,10)6-3-7/h8H,1-6H2. The Morgan fingerprint density at radius 2 is 1.92 bits per heavy atom. The molecule has 1 aliphatic heterocycles. The van der Waals surface area contributed by atoms with E-state index in [1.54, 1.807) is 0 Å². The summed E-state index contributed by atoms with van der Waals surface area (Å²) in [5, 5.41) is 8.05. The molecule has 1 rings (SSSR count). The number of hydrogen-bond acceptors (Lipinski definition) is 5. The van der Waals surface area contributed by atoms with Crippen molar-refractivity contribution in [2.75, 3.05) is 37.7 Å². The van der Waals surface area contributed by atoms with Crippen molar-refractivity contribution < 1.29 is 18.6 Å². The van der Waals surface area contributed by atoms with Gasteiger partial charge in [0.15, 0.2) is 9.84 Å². The Labute approximate surface area is 71.8 Å². The quantitative estimate of drug-likeness (QED) is 0.472. The minimum Gasteiger partial charge on any atom is -0.299 e. The van der Waals surface area contributed by atoms with Crippen molar-refractivity contribution in [3.63, 3.8) is 0 Å². The molecule has 1 fully saturated rings. The molecule has 1 heterocycles. The van der Waals surface area contributed by atoms with Gasteiger partial charge in [0.1, 0.15) is 0 Å². The average Bonchev–Trinajstić information content (AvgIpc) is 2.03. The van der Waals surface area contributed by atoms with E-state index < -0.39 is 9.84 Å². The zero-order valence-corrected chi connectivity index (χ0v) is 7.59. The molecule has 0 aromatic heterocycles. The lowest BCUT2D eigenvalue weighted by Gasteiger charge is -2.25. The van der Waals surface area contributed by atoms with E-state index in [0.29, 0.717) is 19.6 Å². The van der Waals surface area contributed by atoms with Crippen LogP contribution < -0.4 is 0 Å². The highest BCUT2D eigenvalue weighted by Gasteiger charge is 2.20. The van der Waals surface area contributed by atoms with E-state index in [4.69, 9.17) is 5.26 Å². The Morgan fingerprint density at radius 1 is 1.33 bits per heavy atom. The Bertz CT molecular complexity index is 212. The second kappa shape index (κ2) is 4.18. The van der Waals surface area contributed by atoms with Gasteiger partial charge in [0.05, 0.1) is 18.1 Å². The van der Waals surface area contributed by atoms with Crippen LogP contribution in [-0.2, 0) is 14.7 Å². The van der Waals surface area contributed by atoms with Gasteiger partial charge in [-0.15, -0.1) is 0 Å². The van der Waals surface area contributed by atoms with E-state index in [2.05, 4.69) is 4.89 Å². The third-order valence-corrected chi connectivity index (χ3v) is 3.55. The molecule has 0 radical (unpaired) electrons. The predicted molar refractivity (Wildman–Crippen MR) is 43.7 cm³/mol. The van der Waals surface area contributed by atoms with E-state index in [9.17, 15) is 8.42 Å². The maximum absolute atomic E-state index is 11.0. The second-order valence-electron chi connectivity index (χ2n) is 2.83. The normalized spacial score (nSPS) is 24.1. The summed E-state index contributed by atoms with van der Waals surface area (Å²) in [6.07, 6.45) is 0. The third kappa shape index (κ3) is 3.06. The summed E-state index contributed by atoms with van der Waals surface area (Å²) in [4.78, 5) is 5.86. The predicted octanol–water partition coefficient (Wildman–Crippen LogP) is -0.794. The van der Waals surface area contributed by atoms with Crippen LogP contribution >= 0.6 is 0 Å². The Balaban J connectivity index is 2.27. The van der Waals surface area contributed by atoms with Crippen molar-refractivity contribution in [2.24, 2.45) is 0 Å². The SMILES string of the molecule is O=S1(=O)CCN(CCOO)CC1. The van der Waals surface area contributed by atoms with Gasteiger partial charge in [-0.25, -0.2) is 13.3 Å². The van der Waals surface area contributed by atoms with Crippen molar-refractivity contribution in [1.82, 2.24) is 4.90 Å². The van der Waals surface area contributed by atoms with E-state index in [-0.39, 0.29) is 18.1 Å². The monoisotopic (exact) mass is 195 g/mol. The highest BCUT2D eigenvalue weighted by molar-refractivity contribution is 7.91. The highest BCUT2D eigenvalue weighted by atomic mass is 32.2. The Morgan fingerprint density at radius 3 is 2.42 bits per heavy atom. The van der Waals surface area contributed by atoms with E-state index in [1.807, 2.05) is 4.90 Å². The highest BCUT2D eigenvalue weighted by Crippen LogP contribution is 2.02. The summed E-state index contributed by atoms with van der Waals surface area (Å²) >= 11 is 0. The molecule has 0 atom stereocenters. The van der Waals surface area contributed by atoms with Gasteiger partial charge in [-0.2, -0.15) is 0 Å². The first-order valence-electron chi connectivity index (χ1n) is 3.83. The largest absolute Gasteiger partial charge is 0.299 e. The molecule has 1 N–H and O–H groups in total. The van der Waals surface area contributed by atoms with Crippen molar-refractivity contribution >= 4 is 9.84 Å². The van der Waals surface area contributed by atoms with Gasteiger partial charge in [0, 0.05) is 19.6 Å². The van der Waals surface area contributed by atoms with Gasteiger partial charge in [-0.05, 0) is 0 Å². The summed E-state index contributed by atoms with van der Waals surface area (Å²) in [5.74, 6) is 0.441. The summed E-state index contributed by atoms with van der Waals surface area (Å²) in [6, 6.07) is 0. The Hall–Kier alpha value is -0.170. The van der Waals surface area contributed by atoms with E-state index >= 15 is 0 Å². The molecule has 0 aromatic carbocycles. The van der Waals surface area contributed by atoms with Crippen molar-refractivity contribution in [2.45, 2.75) is 0 Å². The fourth-order valence-electron chi connectivity index (χ4n) is 1.14. The van der Waals surface area contributed by atoms with E-state index in [1.165, 1.54) is 0 Å². The van der Waals surface area contributed by atoms with E-state index in [0.717, 1.165) is 0 Å². The van der Waals surface area contributed by atoms with Crippen molar-refractivity contribution in [3.05, 3.63) is 0 Å². The Kier molecular flexibility index (Phi) is 3.45. The molecular formula is C6H13NO4S. The van der Waals surface area contributed by atoms with Crippen molar-refractivity contribution in [1.29, 1.82) is 0 Å². The minimum atomic E-state index is -2.79. The fourth-order valence-corrected chi connectivity index (χ4v) is 2.42. The summed E-state index contributed by atoms with van der Waals surface area (Å²) in [7, 11) is -2.79. The van der Waals surface area contributed by atoms with Gasteiger partial charge in [-0.1, -0.05) is 0 Å². The van der Waals surface area contributed by atoms with Crippen LogP contribution in [-0.4, -0.2) is 56.3 Å². The molecule has 0 aromatic rings. The summed E-state index contributed by atoms with van der Waals surface area (Å²) < 4.78 is 21.9. The van der Waals surface area contributed by atoms with Gasteiger partial charge < -0.3 is 0 Å². The molecule has 1 saturated heterocycles. The second-order valence-corrected chi connectivity index (χ2v) is 5.13. The molecule has 1 aliphatic rings. The summed E-state index contributed by atoms with van der Waals surface area (Å²) in [5.41, 5.74) is 0. The molecule has 72 valence electrons. The maximum Gasteiger partial charge on any atom is 0.152 e. The molecule has 0 amide bonds.